The Labute approximate surface area is 109 Å². The molecule has 0 radical (unpaired) electrons. The molecular formula is C11H14F3NO3S. The van der Waals surface area contributed by atoms with Gasteiger partial charge in [-0.15, -0.1) is 0 Å². The Balaban J connectivity index is 3.41. The summed E-state index contributed by atoms with van der Waals surface area (Å²) in [6.07, 6.45) is -3.88. The molecule has 0 aliphatic rings. The molecular weight excluding hydrogens is 283 g/mol. The molecule has 19 heavy (non-hydrogen) atoms. The second-order valence-electron chi connectivity index (χ2n) is 4.74. The minimum absolute atomic E-state index is 0.551. The molecule has 0 amide bonds. The van der Waals surface area contributed by atoms with Gasteiger partial charge in [-0.05, 0) is 19.9 Å². The number of alkyl halides is 3. The number of aliphatic hydroxyl groups excluding tert-OH is 1. The van der Waals surface area contributed by atoms with Gasteiger partial charge < -0.3 is 5.11 Å². The predicted octanol–water partition coefficient (Wildman–Crippen LogP) is 1.96. The Morgan fingerprint density at radius 3 is 2.26 bits per heavy atom. The van der Waals surface area contributed by atoms with Crippen LogP contribution in [-0.2, 0) is 16.0 Å². The van der Waals surface area contributed by atoms with Gasteiger partial charge in [-0.1, -0.05) is 0 Å². The van der Waals surface area contributed by atoms with Crippen molar-refractivity contribution in [2.24, 2.45) is 0 Å². The lowest BCUT2D eigenvalue weighted by Gasteiger charge is -2.30. The van der Waals surface area contributed by atoms with Gasteiger partial charge in [0.25, 0.3) is 0 Å². The van der Waals surface area contributed by atoms with Crippen LogP contribution in [0.2, 0.25) is 0 Å². The molecule has 1 aromatic rings. The number of aromatic nitrogens is 1. The van der Waals surface area contributed by atoms with E-state index in [-0.39, 0.29) is 0 Å². The number of rotatable bonds is 3. The molecule has 0 saturated heterocycles. The topological polar surface area (TPSA) is 67.3 Å². The summed E-state index contributed by atoms with van der Waals surface area (Å²) in [5.41, 5.74) is -1.64. The van der Waals surface area contributed by atoms with E-state index < -0.39 is 38.0 Å². The van der Waals surface area contributed by atoms with Gasteiger partial charge in [0.1, 0.15) is 6.10 Å². The fraction of sp³-hybridized carbons (Fsp3) is 0.545. The van der Waals surface area contributed by atoms with Crippen molar-refractivity contribution in [2.75, 3.05) is 6.26 Å². The summed E-state index contributed by atoms with van der Waals surface area (Å²) in [7, 11) is -3.76. The van der Waals surface area contributed by atoms with E-state index >= 15 is 0 Å². The highest BCUT2D eigenvalue weighted by atomic mass is 32.2. The second-order valence-corrected chi connectivity index (χ2v) is 7.34. The van der Waals surface area contributed by atoms with Gasteiger partial charge in [-0.25, -0.2) is 8.42 Å². The first-order chi connectivity index (χ1) is 8.39. The number of halogens is 3. The average Bonchev–Trinajstić information content (AvgIpc) is 2.25. The van der Waals surface area contributed by atoms with Crippen molar-refractivity contribution in [3.63, 3.8) is 0 Å². The number of hydrogen-bond donors (Lipinski definition) is 1. The maximum absolute atomic E-state index is 12.8. The normalized spacial score (nSPS) is 15.3. The van der Waals surface area contributed by atoms with Crippen LogP contribution in [0.1, 0.15) is 31.1 Å². The van der Waals surface area contributed by atoms with Crippen molar-refractivity contribution < 1.29 is 26.7 Å². The summed E-state index contributed by atoms with van der Waals surface area (Å²) in [5.74, 6) is 0. The van der Waals surface area contributed by atoms with E-state index in [1.165, 1.54) is 13.8 Å². The van der Waals surface area contributed by atoms with Crippen LogP contribution in [0.4, 0.5) is 13.2 Å². The number of pyridine rings is 1. The van der Waals surface area contributed by atoms with Gasteiger partial charge >= 0.3 is 6.18 Å². The molecule has 0 fully saturated rings. The summed E-state index contributed by atoms with van der Waals surface area (Å²) < 4.78 is 59.8. The lowest BCUT2D eigenvalue weighted by Crippen LogP contribution is -2.38. The van der Waals surface area contributed by atoms with Crippen molar-refractivity contribution in [3.05, 3.63) is 29.6 Å². The number of hydrogen-bond acceptors (Lipinski definition) is 4. The molecule has 0 aliphatic carbocycles. The largest absolute Gasteiger partial charge is 0.416 e. The van der Waals surface area contributed by atoms with E-state index in [4.69, 9.17) is 0 Å². The van der Waals surface area contributed by atoms with E-state index in [9.17, 15) is 26.7 Å². The highest BCUT2D eigenvalue weighted by Gasteiger charge is 2.43. The first kappa shape index (κ1) is 15.9. The van der Waals surface area contributed by atoms with Crippen LogP contribution in [0.15, 0.2) is 18.5 Å². The highest BCUT2D eigenvalue weighted by molar-refractivity contribution is 7.92. The van der Waals surface area contributed by atoms with Gasteiger partial charge in [-0.3, -0.25) is 4.98 Å². The Hall–Kier alpha value is -1.15. The Morgan fingerprint density at radius 1 is 1.32 bits per heavy atom. The quantitative estimate of drug-likeness (QED) is 0.926. The van der Waals surface area contributed by atoms with E-state index in [0.717, 1.165) is 18.6 Å². The zero-order valence-electron chi connectivity index (χ0n) is 10.6. The summed E-state index contributed by atoms with van der Waals surface area (Å²) in [4.78, 5) is 3.52. The Morgan fingerprint density at radius 2 is 1.84 bits per heavy atom. The predicted molar refractivity (Wildman–Crippen MR) is 63.1 cm³/mol. The molecule has 1 unspecified atom stereocenters. The molecule has 1 aromatic heterocycles. The van der Waals surface area contributed by atoms with Crippen molar-refractivity contribution >= 4 is 9.84 Å². The minimum Gasteiger partial charge on any atom is -0.387 e. The van der Waals surface area contributed by atoms with Crippen molar-refractivity contribution in [2.45, 2.75) is 30.9 Å². The van der Waals surface area contributed by atoms with Crippen LogP contribution in [0.5, 0.6) is 0 Å². The molecule has 0 aromatic carbocycles. The maximum Gasteiger partial charge on any atom is 0.416 e. The third-order valence-corrected chi connectivity index (χ3v) is 5.20. The molecule has 1 atom stereocenters. The Bertz CT molecular complexity index is 567. The van der Waals surface area contributed by atoms with Gasteiger partial charge in [0.2, 0.25) is 0 Å². The first-order valence-electron chi connectivity index (χ1n) is 5.28. The first-order valence-corrected chi connectivity index (χ1v) is 7.17. The SMILES string of the molecule is CC(C)(C(O)c1cnccc1C(F)(F)F)S(C)(=O)=O. The smallest absolute Gasteiger partial charge is 0.387 e. The molecule has 0 spiro atoms. The zero-order chi connectivity index (χ0) is 15.1. The van der Waals surface area contributed by atoms with Gasteiger partial charge in [0.15, 0.2) is 9.84 Å². The summed E-state index contributed by atoms with van der Waals surface area (Å²) in [6.45, 7) is 2.33. The third-order valence-electron chi connectivity index (χ3n) is 3.07. The van der Waals surface area contributed by atoms with Crippen LogP contribution in [0.3, 0.4) is 0 Å². The highest BCUT2D eigenvalue weighted by Crippen LogP contribution is 2.39. The van der Waals surface area contributed by atoms with Crippen LogP contribution in [0.25, 0.3) is 0 Å². The summed E-state index contributed by atoms with van der Waals surface area (Å²) in [6, 6.07) is 0.705. The zero-order valence-corrected chi connectivity index (χ0v) is 11.4. The molecule has 108 valence electrons. The molecule has 0 aliphatic heterocycles. The van der Waals surface area contributed by atoms with Gasteiger partial charge in [0, 0.05) is 24.2 Å². The standard InChI is InChI=1S/C11H14F3NO3S/c1-10(2,19(3,17)18)9(16)7-6-15-5-4-8(7)11(12,13)14/h4-6,9,16H,1-3H3. The lowest BCUT2D eigenvalue weighted by molar-refractivity contribution is -0.139. The Kier molecular flexibility index (Phi) is 3.98. The molecule has 1 heterocycles. The second kappa shape index (κ2) is 4.75. The molecule has 1 N–H and O–H groups in total. The monoisotopic (exact) mass is 297 g/mol. The van der Waals surface area contributed by atoms with Crippen LogP contribution >= 0.6 is 0 Å². The van der Waals surface area contributed by atoms with Crippen LogP contribution in [0, 0.1) is 0 Å². The lowest BCUT2D eigenvalue weighted by atomic mass is 9.95. The van der Waals surface area contributed by atoms with E-state index in [1.54, 1.807) is 0 Å². The van der Waals surface area contributed by atoms with E-state index in [0.29, 0.717) is 6.07 Å². The molecule has 0 saturated carbocycles. The van der Waals surface area contributed by atoms with Crippen molar-refractivity contribution in [3.8, 4) is 0 Å². The van der Waals surface area contributed by atoms with Crippen LogP contribution < -0.4 is 0 Å². The maximum atomic E-state index is 12.8. The molecule has 1 rings (SSSR count). The number of nitrogens with zero attached hydrogens (tertiary/aromatic N) is 1. The van der Waals surface area contributed by atoms with Crippen LogP contribution in [-0.4, -0.2) is 29.5 Å². The summed E-state index contributed by atoms with van der Waals surface area (Å²) >= 11 is 0. The average molecular weight is 297 g/mol. The van der Waals surface area contributed by atoms with E-state index in [2.05, 4.69) is 4.98 Å². The van der Waals surface area contributed by atoms with Gasteiger partial charge in [0.05, 0.1) is 10.3 Å². The van der Waals surface area contributed by atoms with Gasteiger partial charge in [-0.2, -0.15) is 13.2 Å². The minimum atomic E-state index is -4.69. The summed E-state index contributed by atoms with van der Waals surface area (Å²) in [5, 5.41) is 10.0. The fourth-order valence-corrected chi connectivity index (χ4v) is 1.99. The van der Waals surface area contributed by atoms with E-state index in [1.807, 2.05) is 0 Å². The third kappa shape index (κ3) is 3.06. The van der Waals surface area contributed by atoms with Crippen molar-refractivity contribution in [1.82, 2.24) is 4.98 Å². The molecule has 8 heteroatoms. The number of aliphatic hydroxyl groups is 1. The fourth-order valence-electron chi connectivity index (χ4n) is 1.46. The molecule has 0 bridgehead atoms. The van der Waals surface area contributed by atoms with Crippen molar-refractivity contribution in [1.29, 1.82) is 0 Å². The molecule has 4 nitrogen and oxygen atoms in total. The number of sulfone groups is 1.